The molecule has 1 saturated heterocycles. The highest BCUT2D eigenvalue weighted by molar-refractivity contribution is 6.04. The molecule has 35 heavy (non-hydrogen) atoms. The van der Waals surface area contributed by atoms with Crippen molar-refractivity contribution in [2.75, 3.05) is 58.6 Å². The fraction of sp³-hybridized carbons (Fsp3) is 0.500. The highest BCUT2D eigenvalue weighted by atomic mass is 16.6. The number of benzene rings is 1. The molecule has 0 bridgehead atoms. The number of ether oxygens (including phenoxy) is 4. The second kappa shape index (κ2) is 10.8. The molecule has 2 aliphatic heterocycles. The zero-order valence-corrected chi connectivity index (χ0v) is 20.7. The number of nitrogens with zero attached hydrogens (tertiary/aromatic N) is 3. The number of amides is 2. The van der Waals surface area contributed by atoms with Gasteiger partial charge in [0.15, 0.2) is 0 Å². The Hall–Kier alpha value is -3.60. The number of anilines is 1. The van der Waals surface area contributed by atoms with Crippen LogP contribution >= 0.6 is 0 Å². The van der Waals surface area contributed by atoms with E-state index in [-0.39, 0.29) is 30.5 Å². The number of hydrogen-bond donors (Lipinski definition) is 0. The highest BCUT2D eigenvalue weighted by Gasteiger charge is 2.33. The van der Waals surface area contributed by atoms with Crippen molar-refractivity contribution < 1.29 is 38.1 Å². The van der Waals surface area contributed by atoms with Gasteiger partial charge in [0.25, 0.3) is 5.91 Å². The molecule has 190 valence electrons. The van der Waals surface area contributed by atoms with E-state index in [1.165, 1.54) is 19.1 Å². The SMILES string of the molecule is COC(=O)C1=C(C(=O)OC)N(c2cccc(C(=O)N3CCN(C(=O)OC(C)(C)C)CC3)c2)COC1. The van der Waals surface area contributed by atoms with Gasteiger partial charge in [-0.15, -0.1) is 0 Å². The first-order valence-electron chi connectivity index (χ1n) is 11.2. The lowest BCUT2D eigenvalue weighted by atomic mass is 10.1. The van der Waals surface area contributed by atoms with E-state index < -0.39 is 23.6 Å². The molecule has 0 radical (unpaired) electrons. The van der Waals surface area contributed by atoms with E-state index in [0.717, 1.165) is 0 Å². The number of rotatable bonds is 4. The predicted molar refractivity (Wildman–Crippen MR) is 125 cm³/mol. The summed E-state index contributed by atoms with van der Waals surface area (Å²) in [5.74, 6) is -1.64. The lowest BCUT2D eigenvalue weighted by molar-refractivity contribution is -0.140. The van der Waals surface area contributed by atoms with Crippen molar-refractivity contribution >= 4 is 29.6 Å². The van der Waals surface area contributed by atoms with Gasteiger partial charge in [-0.2, -0.15) is 0 Å². The van der Waals surface area contributed by atoms with Crippen molar-refractivity contribution in [2.24, 2.45) is 0 Å². The van der Waals surface area contributed by atoms with Crippen LogP contribution in [0.25, 0.3) is 0 Å². The lowest BCUT2D eigenvalue weighted by Crippen LogP contribution is -2.51. The van der Waals surface area contributed by atoms with Crippen LogP contribution in [-0.4, -0.2) is 93.1 Å². The van der Waals surface area contributed by atoms with Gasteiger partial charge in [0.2, 0.25) is 0 Å². The molecule has 0 saturated carbocycles. The Labute approximate surface area is 204 Å². The Kier molecular flexibility index (Phi) is 8.00. The second-order valence-corrected chi connectivity index (χ2v) is 9.03. The normalized spacial score (nSPS) is 16.7. The highest BCUT2D eigenvalue weighted by Crippen LogP contribution is 2.28. The van der Waals surface area contributed by atoms with Crippen LogP contribution in [0, 0.1) is 0 Å². The number of carbonyl (C=O) groups is 4. The fourth-order valence-electron chi connectivity index (χ4n) is 3.76. The third kappa shape index (κ3) is 6.10. The quantitative estimate of drug-likeness (QED) is 0.461. The van der Waals surface area contributed by atoms with E-state index in [9.17, 15) is 19.2 Å². The minimum absolute atomic E-state index is 0.00109. The fourth-order valence-corrected chi connectivity index (χ4v) is 3.76. The maximum atomic E-state index is 13.2. The van der Waals surface area contributed by atoms with Crippen LogP contribution in [-0.2, 0) is 28.5 Å². The maximum absolute atomic E-state index is 13.2. The summed E-state index contributed by atoms with van der Waals surface area (Å²) in [6.45, 7) is 6.73. The molecule has 3 rings (SSSR count). The average Bonchev–Trinajstić information content (AvgIpc) is 2.86. The topological polar surface area (TPSA) is 115 Å². The molecule has 0 atom stereocenters. The number of carbonyl (C=O) groups excluding carboxylic acids is 4. The van der Waals surface area contributed by atoms with Crippen molar-refractivity contribution in [2.45, 2.75) is 26.4 Å². The van der Waals surface area contributed by atoms with Crippen molar-refractivity contribution in [3.8, 4) is 0 Å². The Morgan fingerprint density at radius 2 is 1.54 bits per heavy atom. The van der Waals surface area contributed by atoms with E-state index in [1.807, 2.05) is 0 Å². The average molecular weight is 490 g/mol. The van der Waals surface area contributed by atoms with E-state index in [1.54, 1.807) is 54.8 Å². The zero-order chi connectivity index (χ0) is 25.8. The Morgan fingerprint density at radius 3 is 2.14 bits per heavy atom. The number of esters is 2. The summed E-state index contributed by atoms with van der Waals surface area (Å²) < 4.78 is 20.6. The Bertz CT molecular complexity index is 1020. The molecule has 2 aliphatic rings. The van der Waals surface area contributed by atoms with Crippen LogP contribution < -0.4 is 4.90 Å². The zero-order valence-electron chi connectivity index (χ0n) is 20.7. The van der Waals surface area contributed by atoms with Gasteiger partial charge < -0.3 is 33.6 Å². The molecule has 0 aliphatic carbocycles. The molecule has 2 heterocycles. The first-order valence-corrected chi connectivity index (χ1v) is 11.2. The predicted octanol–water partition coefficient (Wildman–Crippen LogP) is 1.77. The third-order valence-electron chi connectivity index (χ3n) is 5.46. The minimum Gasteiger partial charge on any atom is -0.466 e. The molecule has 2 amide bonds. The number of piperazine rings is 1. The van der Waals surface area contributed by atoms with E-state index in [4.69, 9.17) is 18.9 Å². The lowest BCUT2D eigenvalue weighted by Gasteiger charge is -2.36. The van der Waals surface area contributed by atoms with Crippen LogP contribution in [0.15, 0.2) is 35.5 Å². The Balaban J connectivity index is 1.78. The van der Waals surface area contributed by atoms with Gasteiger partial charge in [0, 0.05) is 37.4 Å². The van der Waals surface area contributed by atoms with Gasteiger partial charge in [0.1, 0.15) is 18.0 Å². The van der Waals surface area contributed by atoms with Crippen molar-refractivity contribution in [3.05, 3.63) is 41.1 Å². The number of hydrogen-bond acceptors (Lipinski definition) is 9. The largest absolute Gasteiger partial charge is 0.466 e. The molecule has 1 aromatic rings. The standard InChI is InChI=1S/C24H31N3O8/c1-24(2,3)35-23(31)26-11-9-25(10-12-26)20(28)16-7-6-8-17(13-16)27-15-34-14-18(21(29)32-4)19(27)22(30)33-5/h6-8,13H,9-12,14-15H2,1-5H3. The summed E-state index contributed by atoms with van der Waals surface area (Å²) in [7, 11) is 2.43. The van der Waals surface area contributed by atoms with Crippen LogP contribution in [0.5, 0.6) is 0 Å². The van der Waals surface area contributed by atoms with Gasteiger partial charge in [0.05, 0.1) is 26.4 Å². The van der Waals surface area contributed by atoms with Gasteiger partial charge in [-0.25, -0.2) is 14.4 Å². The van der Waals surface area contributed by atoms with E-state index in [2.05, 4.69) is 0 Å². The second-order valence-electron chi connectivity index (χ2n) is 9.03. The van der Waals surface area contributed by atoms with E-state index in [0.29, 0.717) is 37.4 Å². The van der Waals surface area contributed by atoms with Gasteiger partial charge >= 0.3 is 18.0 Å². The van der Waals surface area contributed by atoms with Crippen molar-refractivity contribution in [1.29, 1.82) is 0 Å². The molecule has 11 nitrogen and oxygen atoms in total. The minimum atomic E-state index is -0.719. The monoisotopic (exact) mass is 489 g/mol. The van der Waals surface area contributed by atoms with Crippen LogP contribution in [0.3, 0.4) is 0 Å². The first-order chi connectivity index (χ1) is 16.6. The molecule has 0 unspecified atom stereocenters. The molecule has 0 aromatic heterocycles. The van der Waals surface area contributed by atoms with Crippen LogP contribution in [0.4, 0.5) is 10.5 Å². The summed E-state index contributed by atoms with van der Waals surface area (Å²) in [5.41, 5.74) is 0.308. The Morgan fingerprint density at radius 1 is 0.914 bits per heavy atom. The molecular weight excluding hydrogens is 458 g/mol. The van der Waals surface area contributed by atoms with Gasteiger partial charge in [-0.1, -0.05) is 6.07 Å². The van der Waals surface area contributed by atoms with Gasteiger partial charge in [-0.05, 0) is 39.0 Å². The molecular formula is C24H31N3O8. The first kappa shape index (κ1) is 26.0. The summed E-state index contributed by atoms with van der Waals surface area (Å²) in [5, 5.41) is 0. The summed E-state index contributed by atoms with van der Waals surface area (Å²) in [4.78, 5) is 54.9. The smallest absolute Gasteiger partial charge is 0.410 e. The summed E-state index contributed by atoms with van der Waals surface area (Å²) >= 11 is 0. The summed E-state index contributed by atoms with van der Waals surface area (Å²) in [6, 6.07) is 6.67. The van der Waals surface area contributed by atoms with Crippen LogP contribution in [0.1, 0.15) is 31.1 Å². The third-order valence-corrected chi connectivity index (χ3v) is 5.46. The molecule has 11 heteroatoms. The molecule has 1 aromatic carbocycles. The van der Waals surface area contributed by atoms with Gasteiger partial charge in [-0.3, -0.25) is 4.79 Å². The summed E-state index contributed by atoms with van der Waals surface area (Å²) in [6.07, 6.45) is -0.403. The van der Waals surface area contributed by atoms with Crippen LogP contribution in [0.2, 0.25) is 0 Å². The number of methoxy groups -OCH3 is 2. The van der Waals surface area contributed by atoms with Crippen molar-refractivity contribution in [3.63, 3.8) is 0 Å². The van der Waals surface area contributed by atoms with Crippen molar-refractivity contribution in [1.82, 2.24) is 9.80 Å². The molecule has 0 spiro atoms. The van der Waals surface area contributed by atoms with E-state index >= 15 is 0 Å². The molecule has 0 N–H and O–H groups in total. The maximum Gasteiger partial charge on any atom is 0.410 e. The molecule has 1 fully saturated rings.